The Hall–Kier alpha value is -6.96. The van der Waals surface area contributed by atoms with Gasteiger partial charge in [-0.2, -0.15) is 0 Å². The number of furan rings is 1. The average Bonchev–Trinajstić information content (AvgIpc) is 3.72. The molecule has 0 saturated carbocycles. The maximum Gasteiger partial charge on any atom is 0.136 e. The summed E-state index contributed by atoms with van der Waals surface area (Å²) in [5.41, 5.74) is 14.7. The van der Waals surface area contributed by atoms with E-state index in [1.807, 2.05) is 6.07 Å². The van der Waals surface area contributed by atoms with Crippen molar-refractivity contribution >= 4 is 65.0 Å². The zero-order valence-electron chi connectivity index (χ0n) is 31.2. The molecule has 1 aliphatic carbocycles. The molecule has 0 radical (unpaired) electrons. The van der Waals surface area contributed by atoms with Gasteiger partial charge in [-0.1, -0.05) is 172 Å². The predicted molar refractivity (Wildman–Crippen MR) is 238 cm³/mol. The Labute approximate surface area is 325 Å². The Morgan fingerprint density at radius 2 is 0.929 bits per heavy atom. The van der Waals surface area contributed by atoms with Crippen LogP contribution in [-0.2, 0) is 5.41 Å². The Balaban J connectivity index is 0.988. The summed E-state index contributed by atoms with van der Waals surface area (Å²) < 4.78 is 6.27. The van der Waals surface area contributed by atoms with Crippen molar-refractivity contribution in [3.63, 3.8) is 0 Å². The van der Waals surface area contributed by atoms with E-state index in [9.17, 15) is 0 Å². The SMILES string of the molecule is CC1(C)c2cc(-c3ccc(-c4c5ccccc5c(-c5cccc6ccccc56)c5ccccc45)cc3)ccc2-c2c1ccc1cc3oc4ccccc4c3cc21. The number of rotatable bonds is 3. The van der Waals surface area contributed by atoms with Crippen LogP contribution in [0.1, 0.15) is 25.0 Å². The molecular weight excluding hydrogens is 677 g/mol. The van der Waals surface area contributed by atoms with Gasteiger partial charge in [0.25, 0.3) is 0 Å². The fourth-order valence-corrected chi connectivity index (χ4v) is 9.96. The number of benzene rings is 10. The quantitative estimate of drug-likeness (QED) is 0.166. The number of hydrogen-bond donors (Lipinski definition) is 0. The molecule has 10 aromatic carbocycles. The Morgan fingerprint density at radius 1 is 0.321 bits per heavy atom. The Kier molecular flexibility index (Phi) is 6.46. The minimum Gasteiger partial charge on any atom is -0.456 e. The van der Waals surface area contributed by atoms with Crippen molar-refractivity contribution in [3.05, 3.63) is 193 Å². The van der Waals surface area contributed by atoms with Crippen molar-refractivity contribution in [3.8, 4) is 44.5 Å². The molecule has 0 fully saturated rings. The van der Waals surface area contributed by atoms with Crippen LogP contribution >= 0.6 is 0 Å². The summed E-state index contributed by atoms with van der Waals surface area (Å²) in [5, 5.41) is 12.5. The van der Waals surface area contributed by atoms with Crippen LogP contribution in [0.3, 0.4) is 0 Å². The van der Waals surface area contributed by atoms with Crippen molar-refractivity contribution in [2.24, 2.45) is 0 Å². The van der Waals surface area contributed by atoms with Crippen LogP contribution in [0.25, 0.3) is 110 Å². The minimum atomic E-state index is -0.133. The highest BCUT2D eigenvalue weighted by Crippen LogP contribution is 2.53. The highest BCUT2D eigenvalue weighted by Gasteiger charge is 2.37. The lowest BCUT2D eigenvalue weighted by molar-refractivity contribution is 0.661. The van der Waals surface area contributed by atoms with Gasteiger partial charge in [-0.15, -0.1) is 0 Å². The summed E-state index contributed by atoms with van der Waals surface area (Å²) in [6.45, 7) is 4.75. The lowest BCUT2D eigenvalue weighted by Gasteiger charge is -2.22. The molecule has 0 atom stereocenters. The molecule has 1 aliphatic rings. The van der Waals surface area contributed by atoms with E-state index in [1.165, 1.54) is 109 Å². The van der Waals surface area contributed by atoms with E-state index in [-0.39, 0.29) is 5.41 Å². The lowest BCUT2D eigenvalue weighted by Crippen LogP contribution is -2.15. The fourth-order valence-electron chi connectivity index (χ4n) is 9.96. The second-order valence-corrected chi connectivity index (χ2v) is 16.0. The van der Waals surface area contributed by atoms with Crippen LogP contribution < -0.4 is 0 Å². The molecule has 0 unspecified atom stereocenters. The van der Waals surface area contributed by atoms with Crippen LogP contribution in [0.15, 0.2) is 186 Å². The van der Waals surface area contributed by atoms with Crippen molar-refractivity contribution < 1.29 is 4.42 Å². The second kappa shape index (κ2) is 11.5. The molecule has 1 heterocycles. The first-order chi connectivity index (χ1) is 27.5. The van der Waals surface area contributed by atoms with Crippen molar-refractivity contribution in [2.45, 2.75) is 19.3 Å². The predicted octanol–water partition coefficient (Wildman–Crippen LogP) is 15.5. The fraction of sp³-hybridized carbons (Fsp3) is 0.0545. The summed E-state index contributed by atoms with van der Waals surface area (Å²) in [5.74, 6) is 0. The molecule has 1 heteroatoms. The van der Waals surface area contributed by atoms with Gasteiger partial charge in [0.15, 0.2) is 0 Å². The maximum atomic E-state index is 6.27. The van der Waals surface area contributed by atoms with Crippen LogP contribution in [0, 0.1) is 0 Å². The Bertz CT molecular complexity index is 3370. The van der Waals surface area contributed by atoms with E-state index in [1.54, 1.807) is 0 Å². The standard InChI is InChI=1S/C55H36O/c1-55(2)48-29-27-37-31-51-47(39-15-9-10-21-50(39)56-51)32-46(37)54(48)45-28-26-36(30-49(45)55)33-22-24-35(25-23-33)52-41-16-5-7-18-43(41)53(44-19-8-6-17-42(44)52)40-20-11-13-34-12-3-4-14-38(34)40/h3-32H,1-2H3. The number of para-hydroxylation sites is 1. The van der Waals surface area contributed by atoms with Gasteiger partial charge in [-0.05, 0) is 123 Å². The van der Waals surface area contributed by atoms with E-state index >= 15 is 0 Å². The highest BCUT2D eigenvalue weighted by molar-refractivity contribution is 6.23. The van der Waals surface area contributed by atoms with Crippen LogP contribution in [-0.4, -0.2) is 0 Å². The molecule has 0 amide bonds. The average molecular weight is 713 g/mol. The van der Waals surface area contributed by atoms with E-state index in [0.717, 1.165) is 11.2 Å². The van der Waals surface area contributed by atoms with Crippen molar-refractivity contribution in [1.82, 2.24) is 0 Å². The van der Waals surface area contributed by atoms with Gasteiger partial charge in [0.1, 0.15) is 11.2 Å². The number of fused-ring (bicyclic) bond motifs is 11. The first kappa shape index (κ1) is 31.4. The molecular formula is C55H36O. The van der Waals surface area contributed by atoms with Gasteiger partial charge in [0.05, 0.1) is 0 Å². The molecule has 1 nitrogen and oxygen atoms in total. The zero-order valence-corrected chi connectivity index (χ0v) is 31.2. The molecule has 1 aromatic heterocycles. The van der Waals surface area contributed by atoms with E-state index in [0.29, 0.717) is 0 Å². The van der Waals surface area contributed by atoms with Crippen LogP contribution in [0.2, 0.25) is 0 Å². The zero-order chi connectivity index (χ0) is 37.1. The molecule has 56 heavy (non-hydrogen) atoms. The van der Waals surface area contributed by atoms with Gasteiger partial charge < -0.3 is 4.42 Å². The normalized spacial score (nSPS) is 13.3. The molecule has 262 valence electrons. The van der Waals surface area contributed by atoms with Gasteiger partial charge in [-0.3, -0.25) is 0 Å². The monoisotopic (exact) mass is 712 g/mol. The molecule has 0 N–H and O–H groups in total. The van der Waals surface area contributed by atoms with Gasteiger partial charge in [0, 0.05) is 16.2 Å². The minimum absolute atomic E-state index is 0.133. The summed E-state index contributed by atoms with van der Waals surface area (Å²) in [6, 6.07) is 67.2. The summed E-state index contributed by atoms with van der Waals surface area (Å²) in [7, 11) is 0. The molecule has 0 saturated heterocycles. The summed E-state index contributed by atoms with van der Waals surface area (Å²) >= 11 is 0. The summed E-state index contributed by atoms with van der Waals surface area (Å²) in [6.07, 6.45) is 0. The first-order valence-corrected chi connectivity index (χ1v) is 19.6. The van der Waals surface area contributed by atoms with Crippen molar-refractivity contribution in [1.29, 1.82) is 0 Å². The third kappa shape index (κ3) is 4.37. The Morgan fingerprint density at radius 3 is 1.68 bits per heavy atom. The maximum absolute atomic E-state index is 6.27. The molecule has 0 aliphatic heterocycles. The molecule has 0 bridgehead atoms. The van der Waals surface area contributed by atoms with Crippen molar-refractivity contribution in [2.75, 3.05) is 0 Å². The second-order valence-electron chi connectivity index (χ2n) is 16.0. The van der Waals surface area contributed by atoms with Crippen LogP contribution in [0.4, 0.5) is 0 Å². The van der Waals surface area contributed by atoms with E-state index in [4.69, 9.17) is 4.42 Å². The molecule has 0 spiro atoms. The van der Waals surface area contributed by atoms with Gasteiger partial charge in [-0.25, -0.2) is 0 Å². The smallest absolute Gasteiger partial charge is 0.136 e. The third-order valence-electron chi connectivity index (χ3n) is 12.7. The summed E-state index contributed by atoms with van der Waals surface area (Å²) in [4.78, 5) is 0. The first-order valence-electron chi connectivity index (χ1n) is 19.6. The highest BCUT2D eigenvalue weighted by atomic mass is 16.3. The van der Waals surface area contributed by atoms with Gasteiger partial charge in [0.2, 0.25) is 0 Å². The van der Waals surface area contributed by atoms with E-state index in [2.05, 4.69) is 190 Å². The molecule has 11 aromatic rings. The topological polar surface area (TPSA) is 13.1 Å². The van der Waals surface area contributed by atoms with Gasteiger partial charge >= 0.3 is 0 Å². The lowest BCUT2D eigenvalue weighted by atomic mass is 9.81. The largest absolute Gasteiger partial charge is 0.456 e. The van der Waals surface area contributed by atoms with Crippen LogP contribution in [0.5, 0.6) is 0 Å². The van der Waals surface area contributed by atoms with E-state index < -0.39 is 0 Å². The molecule has 12 rings (SSSR count). The number of hydrogen-bond acceptors (Lipinski definition) is 1. The third-order valence-corrected chi connectivity index (χ3v) is 12.7.